The second-order valence-electron chi connectivity index (χ2n) is 20.9. The molecule has 1 saturated heterocycles. The number of thiazole rings is 2. The van der Waals surface area contributed by atoms with E-state index in [0.29, 0.717) is 23.1 Å². The fourth-order valence-corrected chi connectivity index (χ4v) is 11.6. The zero-order chi connectivity index (χ0) is 55.5. The molecule has 3 aromatic heterocycles. The molecule has 5 atom stereocenters. The Labute approximate surface area is 458 Å². The van der Waals surface area contributed by atoms with E-state index in [2.05, 4.69) is 36.2 Å². The normalized spacial score (nSPS) is 16.9. The van der Waals surface area contributed by atoms with E-state index in [9.17, 15) is 27.9 Å². The van der Waals surface area contributed by atoms with Crippen LogP contribution in [0.3, 0.4) is 0 Å². The molecule has 0 radical (unpaired) electrons. The molecule has 22 heteroatoms. The number of pyridine rings is 1. The van der Waals surface area contributed by atoms with Gasteiger partial charge in [-0.1, -0.05) is 45.0 Å². The summed E-state index contributed by atoms with van der Waals surface area (Å²) in [6.45, 7) is 15.9. The number of nitrogens with zero attached hydrogens (tertiary/aromatic N) is 4. The number of hydrogen-bond acceptors (Lipinski definition) is 18. The lowest BCUT2D eigenvalue weighted by Crippen LogP contribution is -2.60. The molecule has 0 aliphatic carbocycles. The Balaban J connectivity index is 0.806. The SMILES string of the molecule is CNC[C@H](NC(=O)[C@@H]1C[C@@H](O)C(C)N1C(=O)[C@@H](NC(=O)COCCOCCOCCOCCOc1cc2nccc(Nc3ccc4scnc4c3)c2cc1S(=O)(=O)C(C)(C)C)C(C)(C)C)c1ccc(-c2scnc2C)cc1. The second kappa shape index (κ2) is 26.3. The minimum absolute atomic E-state index is 0.0486. The maximum absolute atomic E-state index is 14.4. The highest BCUT2D eigenvalue weighted by Crippen LogP contribution is 2.38. The van der Waals surface area contributed by atoms with Gasteiger partial charge in [-0.05, 0) is 88.5 Å². The molecule has 1 aliphatic heterocycles. The molecule has 1 fully saturated rings. The minimum atomic E-state index is -3.84. The number of aromatic nitrogens is 3. The van der Waals surface area contributed by atoms with Crippen molar-refractivity contribution in [3.63, 3.8) is 0 Å². The van der Waals surface area contributed by atoms with Crippen molar-refractivity contribution in [2.45, 2.75) is 102 Å². The molecule has 6 aromatic rings. The lowest BCUT2D eigenvalue weighted by Gasteiger charge is -2.37. The molecule has 0 saturated carbocycles. The maximum Gasteiger partial charge on any atom is 0.246 e. The second-order valence-corrected chi connectivity index (χ2v) is 25.3. The molecular formula is C55H72N8O11S3. The summed E-state index contributed by atoms with van der Waals surface area (Å²) in [6, 6.07) is 15.8. The number of aryl methyl sites for hydroxylation is 1. The van der Waals surface area contributed by atoms with Crippen LogP contribution in [-0.2, 0) is 43.2 Å². The third-order valence-electron chi connectivity index (χ3n) is 13.2. The van der Waals surface area contributed by atoms with Gasteiger partial charge in [0.1, 0.15) is 35.9 Å². The lowest BCUT2D eigenvalue weighted by atomic mass is 9.85. The molecule has 4 heterocycles. The average Bonchev–Trinajstić information content (AvgIpc) is 4.14. The van der Waals surface area contributed by atoms with Gasteiger partial charge in [0.2, 0.25) is 17.7 Å². The molecule has 1 aliphatic rings. The van der Waals surface area contributed by atoms with Crippen molar-refractivity contribution in [1.82, 2.24) is 35.8 Å². The van der Waals surface area contributed by atoms with Crippen LogP contribution < -0.4 is 26.0 Å². The molecule has 0 bridgehead atoms. The van der Waals surface area contributed by atoms with Crippen LogP contribution in [0.5, 0.6) is 5.75 Å². The van der Waals surface area contributed by atoms with Gasteiger partial charge in [-0.2, -0.15) is 0 Å². The highest BCUT2D eigenvalue weighted by atomic mass is 32.2. The van der Waals surface area contributed by atoms with E-state index in [0.717, 1.165) is 37.6 Å². The van der Waals surface area contributed by atoms with Gasteiger partial charge in [0.05, 0.1) is 107 Å². The summed E-state index contributed by atoms with van der Waals surface area (Å²) in [5.41, 5.74) is 8.63. The van der Waals surface area contributed by atoms with Crippen molar-refractivity contribution in [1.29, 1.82) is 0 Å². The Bertz CT molecular complexity index is 3070. The highest BCUT2D eigenvalue weighted by Gasteiger charge is 2.48. The predicted molar refractivity (Wildman–Crippen MR) is 300 cm³/mol. The Hall–Kier alpha value is -5.69. The third kappa shape index (κ3) is 14.9. The first-order valence-electron chi connectivity index (χ1n) is 25.6. The van der Waals surface area contributed by atoms with Gasteiger partial charge in [0, 0.05) is 42.0 Å². The maximum atomic E-state index is 14.4. The molecule has 3 aromatic carbocycles. The number of sulfone groups is 1. The monoisotopic (exact) mass is 1120 g/mol. The van der Waals surface area contributed by atoms with Gasteiger partial charge in [0.25, 0.3) is 0 Å². The average molecular weight is 1120 g/mol. The van der Waals surface area contributed by atoms with Gasteiger partial charge in [-0.15, -0.1) is 22.7 Å². The van der Waals surface area contributed by atoms with Crippen LogP contribution in [-0.4, -0.2) is 153 Å². The van der Waals surface area contributed by atoms with Crippen LogP contribution in [0.1, 0.15) is 72.2 Å². The number of benzene rings is 3. The number of likely N-dealkylation sites (tertiary alicyclic amines) is 1. The van der Waals surface area contributed by atoms with E-state index in [4.69, 9.17) is 23.7 Å². The van der Waals surface area contributed by atoms with Crippen LogP contribution in [0.4, 0.5) is 11.4 Å². The number of nitrogens with one attached hydrogen (secondary N) is 4. The number of aliphatic hydroxyl groups excluding tert-OH is 1. The molecule has 1 unspecified atom stereocenters. The van der Waals surface area contributed by atoms with Crippen LogP contribution >= 0.6 is 22.7 Å². The minimum Gasteiger partial charge on any atom is -0.490 e. The van der Waals surface area contributed by atoms with Crippen LogP contribution in [0, 0.1) is 12.3 Å². The first-order chi connectivity index (χ1) is 36.7. The first kappa shape index (κ1) is 59.0. The topological polar surface area (TPSA) is 242 Å². The molecular weight excluding hydrogens is 1040 g/mol. The summed E-state index contributed by atoms with van der Waals surface area (Å²) in [5, 5.41) is 24.1. The smallest absolute Gasteiger partial charge is 0.246 e. The predicted octanol–water partition coefficient (Wildman–Crippen LogP) is 7.00. The Morgan fingerprint density at radius 2 is 1.47 bits per heavy atom. The molecule has 7 rings (SSSR count). The largest absolute Gasteiger partial charge is 0.490 e. The number of likely N-dealkylation sites (N-methyl/N-ethyl adjacent to an activating group) is 1. The van der Waals surface area contributed by atoms with E-state index in [1.54, 1.807) is 87.3 Å². The Morgan fingerprint density at radius 3 is 2.10 bits per heavy atom. The molecule has 5 N–H and O–H groups in total. The van der Waals surface area contributed by atoms with E-state index in [1.165, 1.54) is 4.90 Å². The standard InChI is InChI=1S/C55H72N8O11S3/c1-34-50(76-32-58-34)37-12-10-36(11-13-37)43(30-56-9)61-52(66)44-29-45(64)35(2)63(44)53(67)51(54(3,4)5)62-49(65)31-73-23-22-71-19-18-70-20-21-72-24-25-74-46-28-41-39(27-48(46)77(68,69)55(6,7)8)40(16-17-57-41)60-38-14-15-47-42(26-38)59-33-75-47/h10-17,26-28,32-33,35,43-45,51,56,64H,18-25,29-31H2,1-9H3,(H,57,60)(H,61,66)(H,62,65)/t35?,43-,44-,45+,51+/m0/s1. The molecule has 416 valence electrons. The van der Waals surface area contributed by atoms with Gasteiger partial charge in [-0.25, -0.2) is 18.4 Å². The molecule has 0 spiro atoms. The number of fused-ring (bicyclic) bond motifs is 2. The summed E-state index contributed by atoms with van der Waals surface area (Å²) in [6.07, 6.45) is 0.761. The van der Waals surface area contributed by atoms with Crippen molar-refractivity contribution in [3.05, 3.63) is 89.1 Å². The van der Waals surface area contributed by atoms with Gasteiger partial charge < -0.3 is 55.0 Å². The zero-order valence-corrected chi connectivity index (χ0v) is 47.7. The van der Waals surface area contributed by atoms with Crippen LogP contribution in [0.15, 0.2) is 82.8 Å². The number of carbonyl (C=O) groups is 3. The lowest BCUT2D eigenvalue weighted by molar-refractivity contribution is -0.146. The van der Waals surface area contributed by atoms with E-state index in [-0.39, 0.29) is 76.5 Å². The number of aliphatic hydroxyl groups is 1. The van der Waals surface area contributed by atoms with Crippen molar-refractivity contribution >= 4 is 82.7 Å². The number of hydrogen-bond donors (Lipinski definition) is 5. The quantitative estimate of drug-likeness (QED) is 0.0344. The fraction of sp³-hybridized carbons (Fsp3) is 0.491. The van der Waals surface area contributed by atoms with Crippen LogP contribution in [0.2, 0.25) is 0 Å². The number of anilines is 2. The van der Waals surface area contributed by atoms with Crippen molar-refractivity contribution in [2.75, 3.05) is 78.4 Å². The number of ether oxygens (including phenoxy) is 5. The molecule has 19 nitrogen and oxygen atoms in total. The number of carbonyl (C=O) groups excluding carboxylic acids is 3. The van der Waals surface area contributed by atoms with Crippen molar-refractivity contribution in [3.8, 4) is 16.2 Å². The van der Waals surface area contributed by atoms with E-state index >= 15 is 0 Å². The van der Waals surface area contributed by atoms with E-state index in [1.807, 2.05) is 75.7 Å². The van der Waals surface area contributed by atoms with Gasteiger partial charge in [0.15, 0.2) is 9.84 Å². The summed E-state index contributed by atoms with van der Waals surface area (Å²) in [4.78, 5) is 57.4. The highest BCUT2D eigenvalue weighted by molar-refractivity contribution is 7.92. The molecule has 77 heavy (non-hydrogen) atoms. The summed E-state index contributed by atoms with van der Waals surface area (Å²) < 4.78 is 56.3. The summed E-state index contributed by atoms with van der Waals surface area (Å²) in [5.74, 6) is -1.20. The van der Waals surface area contributed by atoms with Crippen LogP contribution in [0.25, 0.3) is 31.6 Å². The summed E-state index contributed by atoms with van der Waals surface area (Å²) in [7, 11) is -2.04. The number of amides is 3. The third-order valence-corrected chi connectivity index (χ3v) is 17.5. The van der Waals surface area contributed by atoms with Crippen molar-refractivity contribution < 1.29 is 51.6 Å². The van der Waals surface area contributed by atoms with Gasteiger partial charge >= 0.3 is 0 Å². The Kier molecular flexibility index (Phi) is 20.2. The fourth-order valence-electron chi connectivity index (χ4n) is 8.81. The molecule has 3 amide bonds. The van der Waals surface area contributed by atoms with E-state index < -0.39 is 68.0 Å². The number of rotatable bonds is 26. The Morgan fingerprint density at radius 1 is 0.805 bits per heavy atom. The van der Waals surface area contributed by atoms with Crippen molar-refractivity contribution in [2.24, 2.45) is 5.41 Å². The first-order valence-corrected chi connectivity index (χ1v) is 28.9. The summed E-state index contributed by atoms with van der Waals surface area (Å²) >= 11 is 3.12. The zero-order valence-electron chi connectivity index (χ0n) is 45.2. The van der Waals surface area contributed by atoms with Gasteiger partial charge in [-0.3, -0.25) is 19.4 Å².